The van der Waals surface area contributed by atoms with Crippen molar-refractivity contribution in [3.63, 3.8) is 0 Å². The van der Waals surface area contributed by atoms with E-state index in [0.29, 0.717) is 25.7 Å². The van der Waals surface area contributed by atoms with Crippen molar-refractivity contribution in [1.29, 1.82) is 0 Å². The largest absolute Gasteiger partial charge is 0.472 e. The Kier molecular flexibility index (Phi) is 71.0. The molecule has 3 N–H and O–H groups in total. The molecule has 5 atom stereocenters. The number of carbonyl (C=O) groups excluding carboxylic acids is 4. The molecule has 0 saturated carbocycles. The van der Waals surface area contributed by atoms with Gasteiger partial charge in [-0.25, -0.2) is 9.13 Å². The lowest BCUT2D eigenvalue weighted by Crippen LogP contribution is -2.30. The molecule has 0 aromatic carbocycles. The molecule has 0 aliphatic carbocycles. The molecule has 0 amide bonds. The average molecular weight is 1470 g/mol. The Hall–Kier alpha value is -4.80. The van der Waals surface area contributed by atoms with Crippen LogP contribution in [0.15, 0.2) is 134 Å². The molecule has 0 spiro atoms. The maximum atomic E-state index is 13.1. The first-order chi connectivity index (χ1) is 49.7. The van der Waals surface area contributed by atoms with E-state index in [-0.39, 0.29) is 25.7 Å². The molecule has 0 fully saturated rings. The molecule has 0 bridgehead atoms. The second-order valence-corrected chi connectivity index (χ2v) is 28.8. The first-order valence-electron chi connectivity index (χ1n) is 39.4. The van der Waals surface area contributed by atoms with Gasteiger partial charge in [-0.2, -0.15) is 0 Å². The highest BCUT2D eigenvalue weighted by Gasteiger charge is 2.30. The predicted molar refractivity (Wildman–Crippen MR) is 418 cm³/mol. The lowest BCUT2D eigenvalue weighted by Gasteiger charge is -2.21. The van der Waals surface area contributed by atoms with Crippen molar-refractivity contribution in [2.75, 3.05) is 39.6 Å². The van der Waals surface area contributed by atoms with Crippen molar-refractivity contribution in [2.45, 2.75) is 329 Å². The van der Waals surface area contributed by atoms with Crippen LogP contribution >= 0.6 is 15.6 Å². The van der Waals surface area contributed by atoms with Crippen molar-refractivity contribution in [3.05, 3.63) is 134 Å². The van der Waals surface area contributed by atoms with E-state index in [9.17, 15) is 43.2 Å². The van der Waals surface area contributed by atoms with Gasteiger partial charge in [-0.15, -0.1) is 0 Å². The molecule has 17 nitrogen and oxygen atoms in total. The summed E-state index contributed by atoms with van der Waals surface area (Å²) in [4.78, 5) is 73.0. The maximum Gasteiger partial charge on any atom is 0.472 e. The summed E-state index contributed by atoms with van der Waals surface area (Å²) >= 11 is 0. The predicted octanol–water partition coefficient (Wildman–Crippen LogP) is 22.9. The number of ether oxygens (including phenoxy) is 4. The van der Waals surface area contributed by atoms with Crippen LogP contribution < -0.4 is 0 Å². The van der Waals surface area contributed by atoms with Gasteiger partial charge in [0.25, 0.3) is 0 Å². The van der Waals surface area contributed by atoms with Crippen LogP contribution in [0.1, 0.15) is 310 Å². The minimum absolute atomic E-state index is 0.0683. The van der Waals surface area contributed by atoms with Gasteiger partial charge in [0, 0.05) is 25.7 Å². The first kappa shape index (κ1) is 97.2. The highest BCUT2D eigenvalue weighted by molar-refractivity contribution is 7.47. The second-order valence-electron chi connectivity index (χ2n) is 25.9. The molecule has 0 rings (SSSR count). The summed E-state index contributed by atoms with van der Waals surface area (Å²) in [6.45, 7) is 4.46. The van der Waals surface area contributed by atoms with E-state index in [1.165, 1.54) is 19.3 Å². The number of rotatable bonds is 73. The van der Waals surface area contributed by atoms with Gasteiger partial charge >= 0.3 is 39.5 Å². The van der Waals surface area contributed by atoms with E-state index in [0.717, 1.165) is 212 Å². The molecule has 19 heteroatoms. The Labute approximate surface area is 618 Å². The zero-order valence-electron chi connectivity index (χ0n) is 63.7. The van der Waals surface area contributed by atoms with Gasteiger partial charge in [0.2, 0.25) is 0 Å². The molecule has 0 aromatic heterocycles. The number of phosphoric ester groups is 2. The summed E-state index contributed by atoms with van der Waals surface area (Å²) in [5, 5.41) is 10.6. The van der Waals surface area contributed by atoms with E-state index >= 15 is 0 Å². The summed E-state index contributed by atoms with van der Waals surface area (Å²) in [5.74, 6) is -2.24. The number of carbonyl (C=O) groups is 4. The molecule has 584 valence electrons. The monoisotopic (exact) mass is 1470 g/mol. The molecule has 0 aromatic rings. The number of esters is 4. The van der Waals surface area contributed by atoms with Crippen molar-refractivity contribution >= 4 is 39.5 Å². The van der Waals surface area contributed by atoms with Crippen LogP contribution in [0.3, 0.4) is 0 Å². The number of allylic oxidation sites excluding steroid dienone is 22. The number of aliphatic hydroxyl groups is 1. The van der Waals surface area contributed by atoms with Gasteiger partial charge < -0.3 is 33.8 Å². The Balaban J connectivity index is 5.40. The van der Waals surface area contributed by atoms with Crippen LogP contribution in [0.2, 0.25) is 0 Å². The summed E-state index contributed by atoms with van der Waals surface area (Å²) in [7, 11) is -9.98. The molecular weight excluding hydrogens is 1330 g/mol. The number of unbranched alkanes of at least 4 members (excludes halogenated alkanes) is 25. The normalized spacial score (nSPS) is 14.6. The van der Waals surface area contributed by atoms with Crippen LogP contribution in [-0.4, -0.2) is 96.7 Å². The van der Waals surface area contributed by atoms with Gasteiger partial charge in [0.1, 0.15) is 19.3 Å². The van der Waals surface area contributed by atoms with E-state index in [1.807, 2.05) is 0 Å². The van der Waals surface area contributed by atoms with Crippen LogP contribution in [0.4, 0.5) is 0 Å². The van der Waals surface area contributed by atoms with Gasteiger partial charge in [0.05, 0.1) is 26.4 Å². The summed E-state index contributed by atoms with van der Waals surface area (Å²) in [5.41, 5.74) is 0. The molecule has 0 aliphatic rings. The van der Waals surface area contributed by atoms with E-state index in [1.54, 1.807) is 0 Å². The minimum atomic E-state index is -4.99. The van der Waals surface area contributed by atoms with Crippen molar-refractivity contribution in [3.8, 4) is 0 Å². The summed E-state index contributed by atoms with van der Waals surface area (Å²) < 4.78 is 68.6. The average Bonchev–Trinajstić information content (AvgIpc) is 0.923. The number of aliphatic hydroxyl groups excluding tert-OH is 1. The fourth-order valence-corrected chi connectivity index (χ4v) is 11.8. The third-order valence-corrected chi connectivity index (χ3v) is 18.0. The molecule has 5 unspecified atom stereocenters. The van der Waals surface area contributed by atoms with Crippen LogP contribution in [0, 0.1) is 0 Å². The third-order valence-electron chi connectivity index (χ3n) is 16.1. The Morgan fingerprint density at radius 1 is 0.284 bits per heavy atom. The zero-order chi connectivity index (χ0) is 74.6. The molecule has 0 aliphatic heterocycles. The smallest absolute Gasteiger partial charge is 0.462 e. The maximum absolute atomic E-state index is 13.1. The number of hydrogen-bond acceptors (Lipinski definition) is 15. The highest BCUT2D eigenvalue weighted by Crippen LogP contribution is 2.45. The molecule has 0 saturated heterocycles. The Morgan fingerprint density at radius 3 is 0.784 bits per heavy atom. The third kappa shape index (κ3) is 73.5. The standard InChI is InChI=1S/C83H140O17P2/c1-5-9-13-17-21-25-29-33-37-38-42-44-48-52-56-60-64-68-81(86)94-74-79(100-83(88)70-66-62-58-54-50-46-41-36-32-28-24-20-16-12-8-4)76-98-102(91,92)96-72-77(84)71-95-101(89,90)97-75-78(99-82(87)69-65-61-57-53-49-45-40-35-31-27-23-19-15-11-7-3)73-93-80(85)67-63-59-55-51-47-43-39-34-30-26-22-18-14-10-6-2/h9-11,13-15,21-28,33-37,39-41,77-79,84H,5-8,12,16-20,29-32,38,42-76H2,1-4H3,(H,89,90)(H,91,92)/b13-9-,14-10-,15-11-,25-21-,26-22-,27-23-,28-24-,37-33-,39-34-,40-35-,41-36-. The van der Waals surface area contributed by atoms with Crippen molar-refractivity contribution in [2.24, 2.45) is 0 Å². The lowest BCUT2D eigenvalue weighted by molar-refractivity contribution is -0.161. The molecule has 102 heavy (non-hydrogen) atoms. The first-order valence-corrected chi connectivity index (χ1v) is 42.4. The lowest BCUT2D eigenvalue weighted by atomic mass is 10.1. The number of hydrogen-bond donors (Lipinski definition) is 3. The molecular formula is C83H140O17P2. The molecule has 0 heterocycles. The van der Waals surface area contributed by atoms with Gasteiger partial charge in [0.15, 0.2) is 12.2 Å². The van der Waals surface area contributed by atoms with Crippen LogP contribution in [0.25, 0.3) is 0 Å². The van der Waals surface area contributed by atoms with Gasteiger partial charge in [-0.3, -0.25) is 37.3 Å². The van der Waals surface area contributed by atoms with E-state index in [2.05, 4.69) is 161 Å². The fourth-order valence-electron chi connectivity index (χ4n) is 10.2. The van der Waals surface area contributed by atoms with Crippen molar-refractivity contribution in [1.82, 2.24) is 0 Å². The van der Waals surface area contributed by atoms with Crippen molar-refractivity contribution < 1.29 is 80.2 Å². The zero-order valence-corrected chi connectivity index (χ0v) is 65.5. The minimum Gasteiger partial charge on any atom is -0.462 e. The topological polar surface area (TPSA) is 237 Å². The van der Waals surface area contributed by atoms with Crippen LogP contribution in [0.5, 0.6) is 0 Å². The Bertz CT molecular complexity index is 2460. The van der Waals surface area contributed by atoms with E-state index < -0.39 is 97.5 Å². The SMILES string of the molecule is CC/C=C\C/C=C\C/C=C\CCCCCCCCCC(=O)OCC(COP(=O)(O)OCC(O)COP(=O)(O)OCC(COC(=O)CCCCCCC/C=C\C/C=C\C/C=C\CC)OC(=O)CCCCCCC/C=C\C/C=C\C/C=C\CC)OC(=O)CCCCCCC/C=C\C/C=C\CCCCC. The fraction of sp³-hybridized carbons (Fsp3) is 0.687. The number of phosphoric acid groups is 2. The quantitative estimate of drug-likeness (QED) is 0.0169. The summed E-state index contributed by atoms with van der Waals surface area (Å²) in [6, 6.07) is 0. The van der Waals surface area contributed by atoms with Crippen LogP contribution in [-0.2, 0) is 65.4 Å². The highest BCUT2D eigenvalue weighted by atomic mass is 31.2. The Morgan fingerprint density at radius 2 is 0.510 bits per heavy atom. The molecule has 0 radical (unpaired) electrons. The van der Waals surface area contributed by atoms with Gasteiger partial charge in [-0.05, 0) is 154 Å². The summed E-state index contributed by atoms with van der Waals surface area (Å²) in [6.07, 6.45) is 82.8. The van der Waals surface area contributed by atoms with E-state index in [4.69, 9.17) is 37.0 Å². The van der Waals surface area contributed by atoms with Gasteiger partial charge in [-0.1, -0.05) is 264 Å². The second kappa shape index (κ2) is 74.5.